The van der Waals surface area contributed by atoms with Crippen LogP contribution in [0.15, 0.2) is 30.3 Å². The molecule has 0 aromatic heterocycles. The van der Waals surface area contributed by atoms with Crippen molar-refractivity contribution in [1.82, 2.24) is 9.80 Å². The Hall–Kier alpha value is -2.32. The molecule has 1 spiro atoms. The Kier molecular flexibility index (Phi) is 7.31. The van der Waals surface area contributed by atoms with Gasteiger partial charge in [-0.3, -0.25) is 4.79 Å². The lowest BCUT2D eigenvalue weighted by Gasteiger charge is -2.60. The molecule has 1 N–H and O–H groups in total. The predicted octanol–water partition coefficient (Wildman–Crippen LogP) is 4.66. The lowest BCUT2D eigenvalue weighted by Crippen LogP contribution is -2.69. The van der Waals surface area contributed by atoms with Crippen LogP contribution in [-0.2, 0) is 27.8 Å². The summed E-state index contributed by atoms with van der Waals surface area (Å²) in [6.07, 6.45) is 3.66. The molecule has 9 heteroatoms. The number of hydrogen-bond donors (Lipinski definition) is 1. The quantitative estimate of drug-likeness (QED) is 0.375. The molecular weight excluding hydrogens is 551 g/mol. The van der Waals surface area contributed by atoms with Crippen LogP contribution < -0.4 is 9.47 Å². The second-order valence-electron chi connectivity index (χ2n) is 12.3. The van der Waals surface area contributed by atoms with Gasteiger partial charge < -0.3 is 24.4 Å². The molecule has 2 bridgehead atoms. The van der Waals surface area contributed by atoms with E-state index in [2.05, 4.69) is 31.9 Å². The van der Waals surface area contributed by atoms with Crippen molar-refractivity contribution in [3.63, 3.8) is 0 Å². The van der Waals surface area contributed by atoms with Crippen LogP contribution >= 0.6 is 23.2 Å². The van der Waals surface area contributed by atoms with Gasteiger partial charge in [-0.05, 0) is 80.4 Å². The molecule has 0 radical (unpaired) electrons. The third-order valence-electron chi connectivity index (χ3n) is 9.52. The third-order valence-corrected chi connectivity index (χ3v) is 10.3. The average Bonchev–Trinajstić information content (AvgIpc) is 3.27. The molecule has 2 aromatic carbocycles. The van der Waals surface area contributed by atoms with Crippen molar-refractivity contribution in [2.75, 3.05) is 26.7 Å². The molecule has 6 rings (SSSR count). The van der Waals surface area contributed by atoms with Gasteiger partial charge in [-0.25, -0.2) is 4.79 Å². The van der Waals surface area contributed by atoms with Gasteiger partial charge in [0.05, 0.1) is 22.5 Å². The highest BCUT2D eigenvalue weighted by Gasteiger charge is 2.66. The number of aliphatic hydroxyl groups excluding tert-OH is 1. The van der Waals surface area contributed by atoms with Crippen LogP contribution in [0.3, 0.4) is 0 Å². The molecule has 5 atom stereocenters. The monoisotopic (exact) mass is 586 g/mol. The first-order valence-electron chi connectivity index (χ1n) is 14.2. The second-order valence-corrected chi connectivity index (χ2v) is 13.1. The molecule has 2 aliphatic carbocycles. The van der Waals surface area contributed by atoms with Gasteiger partial charge >= 0.3 is 5.97 Å². The van der Waals surface area contributed by atoms with Crippen molar-refractivity contribution < 1.29 is 24.2 Å². The molecule has 2 aromatic rings. The minimum absolute atomic E-state index is 0.0407. The zero-order chi connectivity index (χ0) is 28.3. The fraction of sp³-hybridized carbons (Fsp3) is 0.548. The summed E-state index contributed by atoms with van der Waals surface area (Å²) in [6.45, 7) is 5.11. The molecule has 1 amide bonds. The first-order valence-corrected chi connectivity index (χ1v) is 15.0. The zero-order valence-electron chi connectivity index (χ0n) is 23.2. The predicted molar refractivity (Wildman–Crippen MR) is 153 cm³/mol. The summed E-state index contributed by atoms with van der Waals surface area (Å²) >= 11 is 12.4. The lowest BCUT2D eigenvalue weighted by atomic mass is 9.51. The number of ether oxygens (including phenoxy) is 2. The zero-order valence-corrected chi connectivity index (χ0v) is 24.7. The SMILES string of the molecule is CC(C)CN(C(=O)Cc1ccc(Cl)c(Cl)c1)C1CC[C@H]2[C@H]3Cc4ccc(OC(=O)CO)c5c4[C@@]2(CCN3C)C1O5. The normalized spacial score (nSPS) is 28.2. The number of nitrogens with zero attached hydrogens (tertiary/aromatic N) is 2. The Morgan fingerprint density at radius 3 is 2.73 bits per heavy atom. The van der Waals surface area contributed by atoms with E-state index >= 15 is 0 Å². The maximum atomic E-state index is 14.0. The average molecular weight is 588 g/mol. The molecule has 214 valence electrons. The standard InChI is InChI=1S/C31H36Cl2N2O5/c1-17(2)15-35(26(37)13-18-4-7-21(32)22(33)12-18)23-8-6-20-24-14-19-5-9-25(39-27(38)16-36)29-28(19)31(20,30(23)40-29)10-11-34(24)3/h4-5,7,9,12,17,20,23-24,30,36H,6,8,10-11,13-16H2,1-3H3/t20-,23?,24+,30?,31-/m0/s1. The maximum Gasteiger partial charge on any atom is 0.337 e. The van der Waals surface area contributed by atoms with Crippen LogP contribution in [0.1, 0.15) is 49.8 Å². The Morgan fingerprint density at radius 1 is 1.20 bits per heavy atom. The van der Waals surface area contributed by atoms with Crippen molar-refractivity contribution >= 4 is 35.1 Å². The van der Waals surface area contributed by atoms with Gasteiger partial charge in [0.15, 0.2) is 11.5 Å². The van der Waals surface area contributed by atoms with E-state index in [1.165, 1.54) is 5.56 Å². The summed E-state index contributed by atoms with van der Waals surface area (Å²) in [7, 11) is 2.21. The second kappa shape index (κ2) is 10.5. The molecule has 2 fully saturated rings. The Balaban J connectivity index is 1.41. The fourth-order valence-electron chi connectivity index (χ4n) is 8.00. The maximum absolute atomic E-state index is 14.0. The number of carbonyl (C=O) groups excluding carboxylic acids is 2. The number of likely N-dealkylation sites (N-methyl/N-ethyl adjacent to an activating group) is 1. The van der Waals surface area contributed by atoms with E-state index in [1.807, 2.05) is 11.0 Å². The Bertz CT molecular complexity index is 1350. The van der Waals surface area contributed by atoms with Crippen molar-refractivity contribution in [3.8, 4) is 11.5 Å². The van der Waals surface area contributed by atoms with Gasteiger partial charge in [-0.2, -0.15) is 0 Å². The van der Waals surface area contributed by atoms with Crippen molar-refractivity contribution in [3.05, 3.63) is 57.1 Å². The van der Waals surface area contributed by atoms with Crippen LogP contribution in [0.25, 0.3) is 0 Å². The third kappa shape index (κ3) is 4.41. The van der Waals surface area contributed by atoms with E-state index in [1.54, 1.807) is 18.2 Å². The molecule has 1 saturated carbocycles. The van der Waals surface area contributed by atoms with Crippen LogP contribution in [-0.4, -0.2) is 71.7 Å². The van der Waals surface area contributed by atoms with Crippen LogP contribution in [0.2, 0.25) is 10.0 Å². The summed E-state index contributed by atoms with van der Waals surface area (Å²) in [5.74, 6) is 0.954. The summed E-state index contributed by atoms with van der Waals surface area (Å²) < 4.78 is 12.5. The molecule has 7 nitrogen and oxygen atoms in total. The van der Waals surface area contributed by atoms with Gasteiger partial charge in [-0.1, -0.05) is 49.2 Å². The van der Waals surface area contributed by atoms with Gasteiger partial charge in [0.1, 0.15) is 12.7 Å². The van der Waals surface area contributed by atoms with Crippen LogP contribution in [0, 0.1) is 11.8 Å². The number of piperidine rings is 1. The van der Waals surface area contributed by atoms with E-state index < -0.39 is 12.6 Å². The Morgan fingerprint density at radius 2 is 2.00 bits per heavy atom. The Labute approximate surface area is 245 Å². The summed E-state index contributed by atoms with van der Waals surface area (Å²) in [4.78, 5) is 30.7. The molecule has 2 aliphatic heterocycles. The van der Waals surface area contributed by atoms with E-state index in [4.69, 9.17) is 32.7 Å². The van der Waals surface area contributed by atoms with Gasteiger partial charge in [-0.15, -0.1) is 0 Å². The molecular formula is C31H36Cl2N2O5. The highest BCUT2D eigenvalue weighted by atomic mass is 35.5. The minimum Gasteiger partial charge on any atom is -0.483 e. The smallest absolute Gasteiger partial charge is 0.337 e. The van der Waals surface area contributed by atoms with Crippen LogP contribution in [0.5, 0.6) is 11.5 Å². The topological polar surface area (TPSA) is 79.3 Å². The van der Waals surface area contributed by atoms with Crippen molar-refractivity contribution in [1.29, 1.82) is 0 Å². The number of aliphatic hydroxyl groups is 1. The number of hydrogen-bond acceptors (Lipinski definition) is 6. The first kappa shape index (κ1) is 27.8. The molecule has 2 heterocycles. The number of esters is 1. The number of rotatable bonds is 7. The number of carbonyl (C=O) groups is 2. The van der Waals surface area contributed by atoms with E-state index in [0.717, 1.165) is 43.4 Å². The summed E-state index contributed by atoms with van der Waals surface area (Å²) in [5.41, 5.74) is 2.95. The number of amides is 1. The van der Waals surface area contributed by atoms with Crippen molar-refractivity contribution in [2.45, 2.75) is 69.6 Å². The molecule has 4 aliphatic rings. The fourth-order valence-corrected chi connectivity index (χ4v) is 8.32. The number of likely N-dealkylation sites (tertiary alicyclic amines) is 1. The molecule has 1 saturated heterocycles. The number of halogens is 2. The molecule has 40 heavy (non-hydrogen) atoms. The van der Waals surface area contributed by atoms with Crippen LogP contribution in [0.4, 0.5) is 0 Å². The van der Waals surface area contributed by atoms with E-state index in [0.29, 0.717) is 40.0 Å². The van der Waals surface area contributed by atoms with Crippen molar-refractivity contribution in [2.24, 2.45) is 11.8 Å². The minimum atomic E-state index is -0.712. The molecule has 2 unspecified atom stereocenters. The largest absolute Gasteiger partial charge is 0.483 e. The highest BCUT2D eigenvalue weighted by molar-refractivity contribution is 6.42. The van der Waals surface area contributed by atoms with Gasteiger partial charge in [0.2, 0.25) is 5.91 Å². The van der Waals surface area contributed by atoms with E-state index in [-0.39, 0.29) is 35.8 Å². The lowest BCUT2D eigenvalue weighted by molar-refractivity contribution is -0.142. The van der Waals surface area contributed by atoms with Gasteiger partial charge in [0, 0.05) is 23.6 Å². The van der Waals surface area contributed by atoms with Gasteiger partial charge in [0.25, 0.3) is 0 Å². The van der Waals surface area contributed by atoms with E-state index in [9.17, 15) is 14.7 Å². The number of benzene rings is 2. The summed E-state index contributed by atoms with van der Waals surface area (Å²) in [6, 6.07) is 9.48. The summed E-state index contributed by atoms with van der Waals surface area (Å²) in [5, 5.41) is 10.3. The highest BCUT2D eigenvalue weighted by Crippen LogP contribution is 2.64. The first-order chi connectivity index (χ1) is 19.1.